The van der Waals surface area contributed by atoms with Gasteiger partial charge in [-0.3, -0.25) is 4.90 Å². The molecule has 1 saturated heterocycles. The maximum Gasteiger partial charge on any atom is 0.257 e. The van der Waals surface area contributed by atoms with Gasteiger partial charge >= 0.3 is 0 Å². The molecule has 2 atom stereocenters. The molecule has 0 aliphatic carbocycles. The summed E-state index contributed by atoms with van der Waals surface area (Å²) in [7, 11) is 0. The Morgan fingerprint density at radius 3 is 2.87 bits per heavy atom. The fraction of sp³-hybridized carbons (Fsp3) is 0.389. The topological polar surface area (TPSA) is 54.8 Å². The zero-order valence-electron chi connectivity index (χ0n) is 12.9. The quantitative estimate of drug-likeness (QED) is 0.941. The van der Waals surface area contributed by atoms with Crippen LogP contribution in [-0.4, -0.2) is 40.8 Å². The number of fused-ring (bicyclic) bond motifs is 1. The summed E-state index contributed by atoms with van der Waals surface area (Å²) in [4.78, 5) is 6.49. The molecule has 4 rings (SSSR count). The molecular weight excluding hydrogens is 292 g/mol. The molecule has 120 valence electrons. The monoisotopic (exact) mass is 312 g/mol. The summed E-state index contributed by atoms with van der Waals surface area (Å²) < 4.78 is 11.6. The van der Waals surface area contributed by atoms with Crippen molar-refractivity contribution >= 4 is 0 Å². The summed E-state index contributed by atoms with van der Waals surface area (Å²) >= 11 is 0. The van der Waals surface area contributed by atoms with Crippen LogP contribution in [0.25, 0.3) is 0 Å². The van der Waals surface area contributed by atoms with E-state index in [1.165, 1.54) is 5.56 Å². The highest BCUT2D eigenvalue weighted by Gasteiger charge is 2.24. The molecule has 0 bridgehead atoms. The van der Waals surface area contributed by atoms with Crippen LogP contribution in [0.4, 0.5) is 0 Å². The number of rotatable bonds is 3. The van der Waals surface area contributed by atoms with E-state index in [2.05, 4.69) is 34.1 Å². The number of β-amino-alcohol motifs (C(OH)–C–C–N with tert-alkyl or cyclic N) is 1. The first-order valence-corrected chi connectivity index (χ1v) is 8.01. The van der Waals surface area contributed by atoms with Gasteiger partial charge in [-0.15, -0.1) is 0 Å². The van der Waals surface area contributed by atoms with Crippen molar-refractivity contribution in [3.8, 4) is 11.6 Å². The number of likely N-dealkylation sites (tertiary alicyclic amines) is 1. The molecule has 1 aromatic carbocycles. The minimum Gasteiger partial charge on any atom is -0.484 e. The number of nitrogens with zero attached hydrogens (tertiary/aromatic N) is 2. The Morgan fingerprint density at radius 1 is 1.22 bits per heavy atom. The van der Waals surface area contributed by atoms with Gasteiger partial charge in [-0.25, -0.2) is 4.98 Å². The molecule has 0 amide bonds. The van der Waals surface area contributed by atoms with Gasteiger partial charge in [0, 0.05) is 25.8 Å². The van der Waals surface area contributed by atoms with E-state index in [0.29, 0.717) is 18.2 Å². The summed E-state index contributed by atoms with van der Waals surface area (Å²) in [5.41, 5.74) is 2.34. The van der Waals surface area contributed by atoms with E-state index in [4.69, 9.17) is 9.47 Å². The summed E-state index contributed by atoms with van der Waals surface area (Å²) in [6.45, 7) is 3.11. The van der Waals surface area contributed by atoms with Crippen LogP contribution in [0.3, 0.4) is 0 Å². The highest BCUT2D eigenvalue weighted by Crippen LogP contribution is 2.33. The number of benzene rings is 1. The number of aromatic nitrogens is 1. The van der Waals surface area contributed by atoms with Gasteiger partial charge in [0.2, 0.25) is 0 Å². The van der Waals surface area contributed by atoms with Crippen molar-refractivity contribution < 1.29 is 14.6 Å². The average molecular weight is 312 g/mol. The molecule has 3 heterocycles. The Labute approximate surface area is 135 Å². The molecule has 1 N–H and O–H groups in total. The molecule has 2 aromatic rings. The molecule has 0 unspecified atom stereocenters. The van der Waals surface area contributed by atoms with Crippen LogP contribution >= 0.6 is 0 Å². The van der Waals surface area contributed by atoms with E-state index in [1.54, 1.807) is 6.20 Å². The number of pyridine rings is 1. The first-order valence-electron chi connectivity index (χ1n) is 8.01. The van der Waals surface area contributed by atoms with Crippen molar-refractivity contribution in [3.05, 3.63) is 53.7 Å². The fourth-order valence-electron chi connectivity index (χ4n) is 3.12. The first kappa shape index (κ1) is 14.5. The number of aliphatic hydroxyl groups is 1. The smallest absolute Gasteiger partial charge is 0.257 e. The average Bonchev–Trinajstić information content (AvgIpc) is 3.00. The summed E-state index contributed by atoms with van der Waals surface area (Å²) in [6.07, 6.45) is 2.28. The molecule has 5 nitrogen and oxygen atoms in total. The maximum atomic E-state index is 9.59. The van der Waals surface area contributed by atoms with Crippen LogP contribution in [0, 0.1) is 0 Å². The maximum absolute atomic E-state index is 9.59. The molecule has 2 aliphatic heterocycles. The number of hydrogen-bond acceptors (Lipinski definition) is 5. The third kappa shape index (κ3) is 3.16. The molecule has 23 heavy (non-hydrogen) atoms. The molecule has 5 heteroatoms. The molecule has 0 radical (unpaired) electrons. The van der Waals surface area contributed by atoms with Gasteiger partial charge in [0.05, 0.1) is 6.10 Å². The van der Waals surface area contributed by atoms with Crippen molar-refractivity contribution in [2.24, 2.45) is 0 Å². The Hall–Kier alpha value is -2.11. The SMILES string of the molecule is O[C@@H]1CCN(Cc2ccc([C@H]3COc4cccnc4O3)cc2)C1. The lowest BCUT2D eigenvalue weighted by Crippen LogP contribution is -2.23. The minimum absolute atomic E-state index is 0.125. The second kappa shape index (κ2) is 6.18. The normalized spacial score (nSPS) is 23.9. The minimum atomic E-state index is -0.172. The third-order valence-electron chi connectivity index (χ3n) is 4.39. The van der Waals surface area contributed by atoms with Crippen molar-refractivity contribution in [2.45, 2.75) is 25.2 Å². The van der Waals surface area contributed by atoms with Gasteiger partial charge < -0.3 is 14.6 Å². The molecule has 0 spiro atoms. The summed E-state index contributed by atoms with van der Waals surface area (Å²) in [5.74, 6) is 1.26. The largest absolute Gasteiger partial charge is 0.484 e. The predicted octanol–water partition coefficient (Wildman–Crippen LogP) is 2.16. The summed E-state index contributed by atoms with van der Waals surface area (Å²) in [5, 5.41) is 9.59. The van der Waals surface area contributed by atoms with Gasteiger partial charge in [-0.05, 0) is 29.7 Å². The molecular formula is C18H20N2O3. The van der Waals surface area contributed by atoms with Crippen LogP contribution in [0.1, 0.15) is 23.7 Å². The number of hydrogen-bond donors (Lipinski definition) is 1. The van der Waals surface area contributed by atoms with E-state index in [1.807, 2.05) is 12.1 Å². The lowest BCUT2D eigenvalue weighted by Gasteiger charge is -2.25. The lowest BCUT2D eigenvalue weighted by molar-refractivity contribution is 0.0851. The van der Waals surface area contributed by atoms with Crippen molar-refractivity contribution in [3.63, 3.8) is 0 Å². The first-order chi connectivity index (χ1) is 11.3. The Morgan fingerprint density at radius 2 is 2.09 bits per heavy atom. The van der Waals surface area contributed by atoms with Crippen molar-refractivity contribution in [1.82, 2.24) is 9.88 Å². The third-order valence-corrected chi connectivity index (χ3v) is 4.39. The van der Waals surface area contributed by atoms with Gasteiger partial charge in [-0.2, -0.15) is 0 Å². The highest BCUT2D eigenvalue weighted by atomic mass is 16.6. The van der Waals surface area contributed by atoms with Crippen molar-refractivity contribution in [1.29, 1.82) is 0 Å². The molecule has 1 fully saturated rings. The number of aliphatic hydroxyl groups excluding tert-OH is 1. The lowest BCUT2D eigenvalue weighted by atomic mass is 10.1. The van der Waals surface area contributed by atoms with Gasteiger partial charge in [-0.1, -0.05) is 24.3 Å². The Balaban J connectivity index is 1.42. The van der Waals surface area contributed by atoms with E-state index in [-0.39, 0.29) is 12.2 Å². The molecule has 2 aliphatic rings. The van der Waals surface area contributed by atoms with E-state index >= 15 is 0 Å². The van der Waals surface area contributed by atoms with Crippen molar-refractivity contribution in [2.75, 3.05) is 19.7 Å². The van der Waals surface area contributed by atoms with E-state index < -0.39 is 0 Å². The van der Waals surface area contributed by atoms with Crippen LogP contribution in [0.5, 0.6) is 11.6 Å². The predicted molar refractivity (Wildman–Crippen MR) is 85.4 cm³/mol. The van der Waals surface area contributed by atoms with Crippen LogP contribution in [0.2, 0.25) is 0 Å². The van der Waals surface area contributed by atoms with Gasteiger partial charge in [0.1, 0.15) is 6.61 Å². The zero-order chi connectivity index (χ0) is 15.6. The highest BCUT2D eigenvalue weighted by molar-refractivity contribution is 5.35. The number of ether oxygens (including phenoxy) is 2. The van der Waals surface area contributed by atoms with E-state index in [0.717, 1.165) is 31.6 Å². The second-order valence-electron chi connectivity index (χ2n) is 6.14. The van der Waals surface area contributed by atoms with Crippen LogP contribution < -0.4 is 9.47 Å². The molecule has 1 aromatic heterocycles. The van der Waals surface area contributed by atoms with Gasteiger partial charge in [0.25, 0.3) is 5.88 Å². The second-order valence-corrected chi connectivity index (χ2v) is 6.14. The standard InChI is InChI=1S/C18H20N2O3/c21-15-7-9-20(11-15)10-13-3-5-14(6-4-13)17-12-22-16-2-1-8-19-18(16)23-17/h1-6,8,15,17,21H,7,9-12H2/t15-,17-/m1/s1. The van der Waals surface area contributed by atoms with Crippen LogP contribution in [0.15, 0.2) is 42.6 Å². The molecule has 0 saturated carbocycles. The van der Waals surface area contributed by atoms with Gasteiger partial charge in [0.15, 0.2) is 11.9 Å². The van der Waals surface area contributed by atoms with Crippen LogP contribution in [-0.2, 0) is 6.54 Å². The fourth-order valence-corrected chi connectivity index (χ4v) is 3.12. The summed E-state index contributed by atoms with van der Waals surface area (Å²) in [6, 6.07) is 12.1. The van der Waals surface area contributed by atoms with E-state index in [9.17, 15) is 5.11 Å². The Kier molecular flexibility index (Phi) is 3.89. The Bertz CT molecular complexity index is 674. The zero-order valence-corrected chi connectivity index (χ0v) is 12.9.